The molecule has 0 unspecified atom stereocenters. The van der Waals surface area contributed by atoms with Crippen molar-refractivity contribution >= 4 is 24.0 Å². The number of benzene rings is 1. The van der Waals surface area contributed by atoms with Gasteiger partial charge in [0.05, 0.1) is 0 Å². The number of rotatable bonds is 16. The quantitative estimate of drug-likeness (QED) is 0.273. The van der Waals surface area contributed by atoms with E-state index in [1.54, 1.807) is 12.2 Å². The number of carbonyl (C=O) groups excluding carboxylic acids is 2. The minimum absolute atomic E-state index is 0.0840. The van der Waals surface area contributed by atoms with E-state index in [0.29, 0.717) is 0 Å². The fraction of sp³-hybridized carbons (Fsp3) is 0.571. The van der Waals surface area contributed by atoms with Gasteiger partial charge in [-0.2, -0.15) is 0 Å². The maximum atomic E-state index is 12.6. The van der Waals surface area contributed by atoms with Gasteiger partial charge in [-0.1, -0.05) is 77.6 Å². The van der Waals surface area contributed by atoms with Crippen LogP contribution < -0.4 is 0 Å². The van der Waals surface area contributed by atoms with E-state index in [1.807, 2.05) is 46.2 Å². The SMILES string of the molecule is CCCCN(CCCC)C(=O)C=Cc1ccc(C=CC(=O)N(CCCC)CCCC)cc1. The van der Waals surface area contributed by atoms with Gasteiger partial charge in [-0.15, -0.1) is 0 Å². The maximum Gasteiger partial charge on any atom is 0.246 e. The first kappa shape index (κ1) is 27.7. The summed E-state index contributed by atoms with van der Waals surface area (Å²) in [5.74, 6) is 0.168. The Labute approximate surface area is 196 Å². The van der Waals surface area contributed by atoms with E-state index in [-0.39, 0.29) is 11.8 Å². The molecule has 1 rings (SSSR count). The first-order valence-corrected chi connectivity index (χ1v) is 12.6. The second kappa shape index (κ2) is 17.2. The average molecular weight is 441 g/mol. The Morgan fingerprint density at radius 1 is 0.594 bits per heavy atom. The van der Waals surface area contributed by atoms with E-state index in [0.717, 1.165) is 88.7 Å². The van der Waals surface area contributed by atoms with Crippen LogP contribution in [-0.4, -0.2) is 47.8 Å². The Bertz CT molecular complexity index is 630. The van der Waals surface area contributed by atoms with Gasteiger partial charge in [0, 0.05) is 38.3 Å². The molecular weight excluding hydrogens is 396 g/mol. The van der Waals surface area contributed by atoms with Crippen LogP contribution in [0.25, 0.3) is 12.2 Å². The molecular formula is C28H44N2O2. The summed E-state index contributed by atoms with van der Waals surface area (Å²) in [4.78, 5) is 29.1. The Morgan fingerprint density at radius 3 is 1.12 bits per heavy atom. The van der Waals surface area contributed by atoms with E-state index in [4.69, 9.17) is 0 Å². The molecule has 0 radical (unpaired) electrons. The van der Waals surface area contributed by atoms with Gasteiger partial charge in [-0.25, -0.2) is 0 Å². The predicted octanol–water partition coefficient (Wildman–Crippen LogP) is 6.57. The second-order valence-corrected chi connectivity index (χ2v) is 8.40. The molecule has 0 heterocycles. The van der Waals surface area contributed by atoms with Crippen LogP contribution >= 0.6 is 0 Å². The van der Waals surface area contributed by atoms with Gasteiger partial charge in [-0.05, 0) is 49.0 Å². The zero-order chi connectivity index (χ0) is 23.6. The minimum Gasteiger partial charge on any atom is -0.339 e. The van der Waals surface area contributed by atoms with Gasteiger partial charge < -0.3 is 9.80 Å². The number of unbranched alkanes of at least 4 members (excludes halogenated alkanes) is 4. The molecule has 0 spiro atoms. The van der Waals surface area contributed by atoms with Crippen molar-refractivity contribution < 1.29 is 9.59 Å². The van der Waals surface area contributed by atoms with Crippen LogP contribution in [0.2, 0.25) is 0 Å². The molecule has 0 aliphatic carbocycles. The number of hydrogen-bond donors (Lipinski definition) is 0. The van der Waals surface area contributed by atoms with E-state index < -0.39 is 0 Å². The van der Waals surface area contributed by atoms with Gasteiger partial charge in [0.15, 0.2) is 0 Å². The minimum atomic E-state index is 0.0840. The monoisotopic (exact) mass is 440 g/mol. The Hall–Kier alpha value is -2.36. The lowest BCUT2D eigenvalue weighted by molar-refractivity contribution is -0.126. The number of nitrogens with zero attached hydrogens (tertiary/aromatic N) is 2. The normalized spacial score (nSPS) is 11.4. The molecule has 178 valence electrons. The standard InChI is InChI=1S/C28H44N2O2/c1-5-9-21-29(22-10-6-2)27(31)19-17-25-13-15-26(16-14-25)18-20-28(32)30(23-11-7-3)24-12-8-4/h13-20H,5-12,21-24H2,1-4H3. The number of amides is 2. The fourth-order valence-corrected chi connectivity index (χ4v) is 3.32. The molecule has 0 saturated heterocycles. The van der Waals surface area contributed by atoms with E-state index in [1.165, 1.54) is 0 Å². The molecule has 0 fully saturated rings. The molecule has 32 heavy (non-hydrogen) atoms. The van der Waals surface area contributed by atoms with Gasteiger partial charge in [0.25, 0.3) is 0 Å². The highest BCUT2D eigenvalue weighted by Gasteiger charge is 2.10. The highest BCUT2D eigenvalue weighted by atomic mass is 16.2. The zero-order valence-corrected chi connectivity index (χ0v) is 20.8. The Balaban J connectivity index is 2.70. The van der Waals surface area contributed by atoms with Crippen molar-refractivity contribution in [3.63, 3.8) is 0 Å². The molecule has 0 bridgehead atoms. The van der Waals surface area contributed by atoms with Gasteiger partial charge >= 0.3 is 0 Å². The van der Waals surface area contributed by atoms with Crippen LogP contribution in [0.3, 0.4) is 0 Å². The third-order valence-electron chi connectivity index (χ3n) is 5.52. The van der Waals surface area contributed by atoms with Crippen LogP contribution in [-0.2, 0) is 9.59 Å². The third kappa shape index (κ3) is 11.3. The lowest BCUT2D eigenvalue weighted by atomic mass is 10.1. The largest absolute Gasteiger partial charge is 0.339 e. The third-order valence-corrected chi connectivity index (χ3v) is 5.52. The van der Waals surface area contributed by atoms with Gasteiger partial charge in [-0.3, -0.25) is 9.59 Å². The van der Waals surface area contributed by atoms with E-state index >= 15 is 0 Å². The molecule has 0 aromatic heterocycles. The molecule has 0 aliphatic heterocycles. The molecule has 4 nitrogen and oxygen atoms in total. The Morgan fingerprint density at radius 2 is 0.875 bits per heavy atom. The fourth-order valence-electron chi connectivity index (χ4n) is 3.32. The molecule has 1 aromatic rings. The topological polar surface area (TPSA) is 40.6 Å². The van der Waals surface area contributed by atoms with E-state index in [2.05, 4.69) is 27.7 Å². The molecule has 1 aromatic carbocycles. The highest BCUT2D eigenvalue weighted by Crippen LogP contribution is 2.10. The first-order chi connectivity index (χ1) is 15.5. The zero-order valence-electron chi connectivity index (χ0n) is 20.8. The molecule has 0 N–H and O–H groups in total. The summed E-state index contributed by atoms with van der Waals surface area (Å²) in [5, 5.41) is 0. The number of hydrogen-bond acceptors (Lipinski definition) is 2. The summed E-state index contributed by atoms with van der Waals surface area (Å²) in [6, 6.07) is 7.95. The van der Waals surface area contributed by atoms with Crippen molar-refractivity contribution in [1.29, 1.82) is 0 Å². The second-order valence-electron chi connectivity index (χ2n) is 8.40. The van der Waals surface area contributed by atoms with Crippen molar-refractivity contribution in [1.82, 2.24) is 9.80 Å². The van der Waals surface area contributed by atoms with Crippen molar-refractivity contribution in [2.24, 2.45) is 0 Å². The van der Waals surface area contributed by atoms with Crippen LogP contribution in [0, 0.1) is 0 Å². The summed E-state index contributed by atoms with van der Waals surface area (Å²) in [7, 11) is 0. The van der Waals surface area contributed by atoms with Crippen molar-refractivity contribution in [2.45, 2.75) is 79.1 Å². The summed E-state index contributed by atoms with van der Waals surface area (Å²) >= 11 is 0. The predicted molar refractivity (Wildman–Crippen MR) is 137 cm³/mol. The molecule has 4 heteroatoms. The van der Waals surface area contributed by atoms with Crippen LogP contribution in [0.15, 0.2) is 36.4 Å². The van der Waals surface area contributed by atoms with Crippen molar-refractivity contribution in [2.75, 3.05) is 26.2 Å². The van der Waals surface area contributed by atoms with Crippen molar-refractivity contribution in [3.8, 4) is 0 Å². The summed E-state index contributed by atoms with van der Waals surface area (Å²) in [5.41, 5.74) is 1.97. The Kier molecular flexibility index (Phi) is 14.9. The summed E-state index contributed by atoms with van der Waals surface area (Å²) in [6.07, 6.45) is 15.6. The lowest BCUT2D eigenvalue weighted by Gasteiger charge is -2.20. The van der Waals surface area contributed by atoms with Gasteiger partial charge in [0.1, 0.15) is 0 Å². The molecule has 0 saturated carbocycles. The molecule has 0 aliphatic rings. The first-order valence-electron chi connectivity index (χ1n) is 12.6. The van der Waals surface area contributed by atoms with Gasteiger partial charge in [0.2, 0.25) is 11.8 Å². The maximum absolute atomic E-state index is 12.6. The number of carbonyl (C=O) groups is 2. The summed E-state index contributed by atoms with van der Waals surface area (Å²) < 4.78 is 0. The average Bonchev–Trinajstić information content (AvgIpc) is 2.81. The molecule has 0 atom stereocenters. The van der Waals surface area contributed by atoms with Crippen LogP contribution in [0.5, 0.6) is 0 Å². The van der Waals surface area contributed by atoms with Crippen LogP contribution in [0.4, 0.5) is 0 Å². The highest BCUT2D eigenvalue weighted by molar-refractivity contribution is 5.92. The van der Waals surface area contributed by atoms with Crippen LogP contribution in [0.1, 0.15) is 90.2 Å². The lowest BCUT2D eigenvalue weighted by Crippen LogP contribution is -2.31. The smallest absolute Gasteiger partial charge is 0.246 e. The summed E-state index contributed by atoms with van der Waals surface area (Å²) in [6.45, 7) is 11.9. The molecule has 2 amide bonds. The van der Waals surface area contributed by atoms with E-state index in [9.17, 15) is 9.59 Å². The van der Waals surface area contributed by atoms with Crippen molar-refractivity contribution in [3.05, 3.63) is 47.5 Å².